The molecule has 0 bridgehead atoms. The maximum absolute atomic E-state index is 12.8. The summed E-state index contributed by atoms with van der Waals surface area (Å²) in [6.45, 7) is 2.34. The van der Waals surface area contributed by atoms with Gasteiger partial charge >= 0.3 is 12.1 Å². The van der Waals surface area contributed by atoms with Gasteiger partial charge < -0.3 is 10.4 Å². The van der Waals surface area contributed by atoms with Gasteiger partial charge in [-0.1, -0.05) is 18.5 Å². The van der Waals surface area contributed by atoms with E-state index in [1.54, 1.807) is 4.90 Å². The highest BCUT2D eigenvalue weighted by Crippen LogP contribution is 2.32. The molecule has 1 saturated carbocycles. The van der Waals surface area contributed by atoms with Gasteiger partial charge in [-0.15, -0.1) is 0 Å². The molecule has 1 aromatic carbocycles. The summed E-state index contributed by atoms with van der Waals surface area (Å²) in [5, 5.41) is 11.3. The lowest BCUT2D eigenvalue weighted by Crippen LogP contribution is -2.54. The summed E-state index contributed by atoms with van der Waals surface area (Å²) in [5.74, 6) is -1.55. The van der Waals surface area contributed by atoms with Crippen LogP contribution in [0.4, 0.5) is 13.2 Å². The van der Waals surface area contributed by atoms with Gasteiger partial charge in [-0.3, -0.25) is 14.5 Å². The van der Waals surface area contributed by atoms with E-state index in [0.29, 0.717) is 19.4 Å². The highest BCUT2D eigenvalue weighted by atomic mass is 35.5. The van der Waals surface area contributed by atoms with Crippen molar-refractivity contribution in [3.05, 3.63) is 34.3 Å². The number of hydrogen-bond donors (Lipinski definition) is 2. The number of amides is 1. The summed E-state index contributed by atoms with van der Waals surface area (Å²) in [6.07, 6.45) is -3.47. The number of likely N-dealkylation sites (N-methyl/N-ethyl adjacent to an activating group) is 1. The van der Waals surface area contributed by atoms with Crippen molar-refractivity contribution in [2.45, 2.75) is 38.0 Å². The summed E-state index contributed by atoms with van der Waals surface area (Å²) in [5.41, 5.74) is -1.13. The molecule has 2 N–H and O–H groups in total. The van der Waals surface area contributed by atoms with Crippen molar-refractivity contribution >= 4 is 23.5 Å². The van der Waals surface area contributed by atoms with E-state index >= 15 is 0 Å². The lowest BCUT2D eigenvalue weighted by atomic mass is 9.85. The number of carbonyl (C=O) groups excluding carboxylic acids is 1. The van der Waals surface area contributed by atoms with Gasteiger partial charge in [-0.05, 0) is 37.6 Å². The van der Waals surface area contributed by atoms with Gasteiger partial charge in [0.05, 0.1) is 12.1 Å². The van der Waals surface area contributed by atoms with Crippen LogP contribution in [0.5, 0.6) is 0 Å². The number of carboxylic acids is 1. The highest BCUT2D eigenvalue weighted by molar-refractivity contribution is 6.31. The van der Waals surface area contributed by atoms with Crippen molar-refractivity contribution in [3.63, 3.8) is 0 Å². The van der Waals surface area contributed by atoms with Crippen molar-refractivity contribution in [2.24, 2.45) is 0 Å². The number of carboxylic acid groups (broad SMARTS) is 1. The standard InChI is InChI=1S/C16H18ClF3N2O3/c1-2-22(8-14(23)24)13-6-12(7-13)21-15(25)9-3-10(16(18,19)20)5-11(17)4-9/h3-5,12-13H,2,6-8H2,1H3,(H,21,25)(H,23,24). The first-order valence-electron chi connectivity index (χ1n) is 7.74. The molecular formula is C16H18ClF3N2O3. The van der Waals surface area contributed by atoms with Crippen molar-refractivity contribution in [2.75, 3.05) is 13.1 Å². The number of aliphatic carboxylic acids is 1. The van der Waals surface area contributed by atoms with Gasteiger partial charge in [0.15, 0.2) is 0 Å². The first kappa shape index (κ1) is 19.5. The minimum absolute atomic E-state index is 0.0384. The quantitative estimate of drug-likeness (QED) is 0.798. The van der Waals surface area contributed by atoms with Gasteiger partial charge in [0.1, 0.15) is 0 Å². The van der Waals surface area contributed by atoms with Crippen molar-refractivity contribution in [1.82, 2.24) is 10.2 Å². The minimum Gasteiger partial charge on any atom is -0.480 e. The van der Waals surface area contributed by atoms with Gasteiger partial charge in [-0.25, -0.2) is 0 Å². The number of benzene rings is 1. The van der Waals surface area contributed by atoms with Crippen LogP contribution in [0.25, 0.3) is 0 Å². The fourth-order valence-corrected chi connectivity index (χ4v) is 3.06. The predicted octanol–water partition coefficient (Wildman–Crippen LogP) is 3.03. The molecular weight excluding hydrogens is 361 g/mol. The Labute approximate surface area is 147 Å². The molecule has 2 rings (SSSR count). The van der Waals surface area contributed by atoms with Crippen molar-refractivity contribution in [3.8, 4) is 0 Å². The molecule has 0 atom stereocenters. The highest BCUT2D eigenvalue weighted by Gasteiger charge is 2.35. The molecule has 138 valence electrons. The average molecular weight is 379 g/mol. The first-order chi connectivity index (χ1) is 11.6. The molecule has 0 unspecified atom stereocenters. The van der Waals surface area contributed by atoms with Crippen LogP contribution in [-0.4, -0.2) is 47.1 Å². The molecule has 0 heterocycles. The third-order valence-corrected chi connectivity index (χ3v) is 4.41. The second-order valence-electron chi connectivity index (χ2n) is 5.98. The summed E-state index contributed by atoms with van der Waals surface area (Å²) in [6, 6.07) is 2.55. The lowest BCUT2D eigenvalue weighted by Gasteiger charge is -2.42. The Kier molecular flexibility index (Phi) is 5.95. The summed E-state index contributed by atoms with van der Waals surface area (Å²) in [7, 11) is 0. The predicted molar refractivity (Wildman–Crippen MR) is 85.6 cm³/mol. The molecule has 9 heteroatoms. The van der Waals surface area contributed by atoms with E-state index in [0.717, 1.165) is 12.1 Å². The Morgan fingerprint density at radius 2 is 1.96 bits per heavy atom. The first-order valence-corrected chi connectivity index (χ1v) is 8.12. The number of alkyl halides is 3. The number of nitrogens with one attached hydrogen (secondary N) is 1. The Morgan fingerprint density at radius 1 is 1.32 bits per heavy atom. The minimum atomic E-state index is -4.58. The Morgan fingerprint density at radius 3 is 2.48 bits per heavy atom. The van der Waals surface area contributed by atoms with Crippen LogP contribution >= 0.6 is 11.6 Å². The second-order valence-corrected chi connectivity index (χ2v) is 6.42. The maximum atomic E-state index is 12.8. The summed E-state index contributed by atoms with van der Waals surface area (Å²) in [4.78, 5) is 24.7. The van der Waals surface area contributed by atoms with Crippen molar-refractivity contribution in [1.29, 1.82) is 0 Å². The van der Waals surface area contributed by atoms with Gasteiger partial charge in [0.2, 0.25) is 0 Å². The summed E-state index contributed by atoms with van der Waals surface area (Å²) < 4.78 is 38.4. The number of halogens is 4. The Balaban J connectivity index is 1.96. The zero-order chi connectivity index (χ0) is 18.8. The molecule has 0 aliphatic heterocycles. The van der Waals surface area contributed by atoms with Crippen LogP contribution in [0.2, 0.25) is 5.02 Å². The monoisotopic (exact) mass is 378 g/mol. The van der Waals surface area contributed by atoms with Gasteiger partial charge in [0.25, 0.3) is 5.91 Å². The van der Waals surface area contributed by atoms with E-state index in [4.69, 9.17) is 16.7 Å². The van der Waals surface area contributed by atoms with E-state index < -0.39 is 23.6 Å². The molecule has 1 aliphatic carbocycles. The van der Waals surface area contributed by atoms with Gasteiger partial charge in [-0.2, -0.15) is 13.2 Å². The molecule has 0 aromatic heterocycles. The van der Waals surface area contributed by atoms with Crippen LogP contribution in [0, 0.1) is 0 Å². The van der Waals surface area contributed by atoms with E-state index in [1.165, 1.54) is 6.07 Å². The van der Waals surface area contributed by atoms with Crippen LogP contribution in [0.1, 0.15) is 35.7 Å². The second kappa shape index (κ2) is 7.61. The Hall–Kier alpha value is -1.80. The summed E-state index contributed by atoms with van der Waals surface area (Å²) >= 11 is 5.67. The molecule has 5 nitrogen and oxygen atoms in total. The molecule has 0 radical (unpaired) electrons. The van der Waals surface area contributed by atoms with E-state index in [1.807, 2.05) is 6.92 Å². The van der Waals surface area contributed by atoms with Crippen LogP contribution in [-0.2, 0) is 11.0 Å². The molecule has 0 saturated heterocycles. The number of carbonyl (C=O) groups is 2. The largest absolute Gasteiger partial charge is 0.480 e. The third kappa shape index (κ3) is 5.09. The van der Waals surface area contributed by atoms with Crippen LogP contribution in [0.15, 0.2) is 18.2 Å². The zero-order valence-corrected chi connectivity index (χ0v) is 14.2. The molecule has 0 spiro atoms. The van der Waals surface area contributed by atoms with E-state index in [2.05, 4.69) is 5.32 Å². The normalized spacial score (nSPS) is 20.2. The number of nitrogens with zero attached hydrogens (tertiary/aromatic N) is 1. The Bertz CT molecular complexity index is 661. The molecule has 1 aromatic rings. The smallest absolute Gasteiger partial charge is 0.416 e. The third-order valence-electron chi connectivity index (χ3n) is 4.20. The van der Waals surface area contributed by atoms with Crippen molar-refractivity contribution < 1.29 is 27.9 Å². The molecule has 25 heavy (non-hydrogen) atoms. The van der Waals surface area contributed by atoms with Gasteiger partial charge in [0, 0.05) is 22.7 Å². The number of hydrogen-bond acceptors (Lipinski definition) is 3. The van der Waals surface area contributed by atoms with Crippen LogP contribution < -0.4 is 5.32 Å². The lowest BCUT2D eigenvalue weighted by molar-refractivity contribution is -0.139. The van der Waals surface area contributed by atoms with E-state index in [9.17, 15) is 22.8 Å². The molecule has 1 aliphatic rings. The number of rotatable bonds is 6. The average Bonchev–Trinajstić information content (AvgIpc) is 2.46. The molecule has 1 fully saturated rings. The SMILES string of the molecule is CCN(CC(=O)O)C1CC(NC(=O)c2cc(Cl)cc(C(F)(F)F)c2)C1. The zero-order valence-electron chi connectivity index (χ0n) is 13.4. The molecule has 1 amide bonds. The van der Waals surface area contributed by atoms with Crippen LogP contribution in [0.3, 0.4) is 0 Å². The van der Waals surface area contributed by atoms with E-state index in [-0.39, 0.29) is 29.2 Å². The fraction of sp³-hybridized carbons (Fsp3) is 0.500. The maximum Gasteiger partial charge on any atom is 0.416 e. The fourth-order valence-electron chi connectivity index (χ4n) is 2.83. The topological polar surface area (TPSA) is 69.6 Å².